The SMILES string of the molecule is CC1(N)CCCCC1C(=O)N1CCC(c2ncc[nH]2)CC1. The number of carbonyl (C=O) groups excluding carboxylic acids is 1. The molecule has 1 amide bonds. The highest BCUT2D eigenvalue weighted by atomic mass is 16.2. The van der Waals surface area contributed by atoms with E-state index < -0.39 is 0 Å². The summed E-state index contributed by atoms with van der Waals surface area (Å²) in [7, 11) is 0. The zero-order chi connectivity index (χ0) is 14.9. The Morgan fingerprint density at radius 1 is 1.38 bits per heavy atom. The third-order valence-electron chi connectivity index (χ3n) is 5.27. The third-order valence-corrected chi connectivity index (χ3v) is 5.27. The topological polar surface area (TPSA) is 75.0 Å². The molecule has 2 fully saturated rings. The van der Waals surface area contributed by atoms with Gasteiger partial charge in [-0.1, -0.05) is 12.8 Å². The minimum Gasteiger partial charge on any atom is -0.348 e. The van der Waals surface area contributed by atoms with Crippen LogP contribution in [0.4, 0.5) is 0 Å². The van der Waals surface area contributed by atoms with Gasteiger partial charge in [0.15, 0.2) is 0 Å². The molecule has 3 N–H and O–H groups in total. The summed E-state index contributed by atoms with van der Waals surface area (Å²) in [5, 5.41) is 0. The fourth-order valence-electron chi connectivity index (χ4n) is 3.86. The number of nitrogens with zero attached hydrogens (tertiary/aromatic N) is 2. The van der Waals surface area contributed by atoms with Gasteiger partial charge in [-0.25, -0.2) is 4.98 Å². The second-order valence-electron chi connectivity index (χ2n) is 6.88. The van der Waals surface area contributed by atoms with Crippen molar-refractivity contribution < 1.29 is 4.79 Å². The Labute approximate surface area is 126 Å². The van der Waals surface area contributed by atoms with Crippen LogP contribution < -0.4 is 5.73 Å². The van der Waals surface area contributed by atoms with Crippen LogP contribution in [0.2, 0.25) is 0 Å². The Hall–Kier alpha value is -1.36. The summed E-state index contributed by atoms with van der Waals surface area (Å²) in [6.45, 7) is 3.71. The van der Waals surface area contributed by atoms with E-state index in [1.54, 1.807) is 6.20 Å². The Morgan fingerprint density at radius 2 is 2.14 bits per heavy atom. The number of hydrogen-bond acceptors (Lipinski definition) is 3. The van der Waals surface area contributed by atoms with Crippen molar-refractivity contribution in [3.8, 4) is 0 Å². The summed E-state index contributed by atoms with van der Waals surface area (Å²) < 4.78 is 0. The van der Waals surface area contributed by atoms with Crippen LogP contribution in [0, 0.1) is 5.92 Å². The lowest BCUT2D eigenvalue weighted by atomic mass is 9.73. The van der Waals surface area contributed by atoms with E-state index in [-0.39, 0.29) is 17.4 Å². The van der Waals surface area contributed by atoms with Gasteiger partial charge in [-0.3, -0.25) is 4.79 Å². The number of imidazole rings is 1. The van der Waals surface area contributed by atoms with Gasteiger partial charge in [0, 0.05) is 36.9 Å². The summed E-state index contributed by atoms with van der Waals surface area (Å²) in [6.07, 6.45) is 9.85. The molecule has 2 aliphatic rings. The number of rotatable bonds is 2. The number of amides is 1. The molecule has 1 saturated carbocycles. The minimum atomic E-state index is -0.326. The van der Waals surface area contributed by atoms with E-state index in [1.165, 1.54) is 0 Å². The van der Waals surface area contributed by atoms with Crippen LogP contribution in [0.1, 0.15) is 57.2 Å². The van der Waals surface area contributed by atoms with Gasteiger partial charge >= 0.3 is 0 Å². The first kappa shape index (κ1) is 14.6. The van der Waals surface area contributed by atoms with Crippen molar-refractivity contribution in [1.82, 2.24) is 14.9 Å². The Morgan fingerprint density at radius 3 is 2.76 bits per heavy atom. The summed E-state index contributed by atoms with van der Waals surface area (Å²) in [4.78, 5) is 22.3. The van der Waals surface area contributed by atoms with Gasteiger partial charge in [-0.05, 0) is 32.6 Å². The molecular weight excluding hydrogens is 264 g/mol. The van der Waals surface area contributed by atoms with Gasteiger partial charge in [0.2, 0.25) is 5.91 Å². The lowest BCUT2D eigenvalue weighted by molar-refractivity contribution is -0.140. The van der Waals surface area contributed by atoms with Crippen LogP contribution in [-0.4, -0.2) is 39.4 Å². The largest absolute Gasteiger partial charge is 0.348 e. The predicted octanol–water partition coefficient (Wildman–Crippen LogP) is 2.02. The molecule has 1 aromatic heterocycles. The molecule has 5 nitrogen and oxygen atoms in total. The number of aromatic nitrogens is 2. The summed E-state index contributed by atoms with van der Waals surface area (Å²) in [5.74, 6) is 1.80. The first-order chi connectivity index (χ1) is 10.1. The van der Waals surface area contributed by atoms with E-state index in [0.29, 0.717) is 5.92 Å². The number of piperidine rings is 1. The summed E-state index contributed by atoms with van der Waals surface area (Å²) in [5.41, 5.74) is 6.05. The third kappa shape index (κ3) is 2.98. The number of nitrogens with one attached hydrogen (secondary N) is 1. The summed E-state index contributed by atoms with van der Waals surface area (Å²) in [6, 6.07) is 0. The number of hydrogen-bond donors (Lipinski definition) is 2. The highest BCUT2D eigenvalue weighted by molar-refractivity contribution is 5.80. The Bertz CT molecular complexity index is 474. The predicted molar refractivity (Wildman–Crippen MR) is 81.7 cm³/mol. The van der Waals surface area contributed by atoms with E-state index in [9.17, 15) is 4.79 Å². The Kier molecular flexibility index (Phi) is 4.02. The Balaban J connectivity index is 1.60. The molecule has 1 aliphatic carbocycles. The molecule has 0 radical (unpaired) electrons. The van der Waals surface area contributed by atoms with E-state index >= 15 is 0 Å². The van der Waals surface area contributed by atoms with E-state index in [0.717, 1.165) is 57.4 Å². The highest BCUT2D eigenvalue weighted by Gasteiger charge is 2.40. The fraction of sp³-hybridized carbons (Fsp3) is 0.750. The number of H-pyrrole nitrogens is 1. The van der Waals surface area contributed by atoms with Crippen LogP contribution in [0.15, 0.2) is 12.4 Å². The lowest BCUT2D eigenvalue weighted by Crippen LogP contribution is -2.54. The van der Waals surface area contributed by atoms with E-state index in [2.05, 4.69) is 9.97 Å². The molecule has 21 heavy (non-hydrogen) atoms. The van der Waals surface area contributed by atoms with Crippen molar-refractivity contribution in [2.75, 3.05) is 13.1 Å². The molecule has 3 rings (SSSR count). The van der Waals surface area contributed by atoms with Crippen molar-refractivity contribution in [2.45, 2.75) is 56.9 Å². The van der Waals surface area contributed by atoms with Crippen LogP contribution in [0.3, 0.4) is 0 Å². The van der Waals surface area contributed by atoms with Gasteiger partial charge in [0.25, 0.3) is 0 Å². The monoisotopic (exact) mass is 290 g/mol. The van der Waals surface area contributed by atoms with Crippen molar-refractivity contribution >= 4 is 5.91 Å². The maximum absolute atomic E-state index is 12.8. The maximum atomic E-state index is 12.8. The van der Waals surface area contributed by atoms with Gasteiger partial charge in [-0.2, -0.15) is 0 Å². The van der Waals surface area contributed by atoms with E-state index in [4.69, 9.17) is 5.73 Å². The number of aromatic amines is 1. The zero-order valence-electron chi connectivity index (χ0n) is 12.8. The molecule has 2 atom stereocenters. The lowest BCUT2D eigenvalue weighted by Gasteiger charge is -2.41. The molecule has 1 saturated heterocycles. The molecule has 1 aromatic rings. The maximum Gasteiger partial charge on any atom is 0.227 e. The van der Waals surface area contributed by atoms with Gasteiger partial charge < -0.3 is 15.6 Å². The van der Waals surface area contributed by atoms with Crippen molar-refractivity contribution in [3.05, 3.63) is 18.2 Å². The normalized spacial score (nSPS) is 31.3. The number of likely N-dealkylation sites (tertiary alicyclic amines) is 1. The molecule has 0 spiro atoms. The highest BCUT2D eigenvalue weighted by Crippen LogP contribution is 2.34. The minimum absolute atomic E-state index is 0.00594. The fourth-order valence-corrected chi connectivity index (χ4v) is 3.86. The van der Waals surface area contributed by atoms with E-state index in [1.807, 2.05) is 18.0 Å². The average molecular weight is 290 g/mol. The molecule has 2 heterocycles. The second kappa shape index (κ2) is 5.79. The zero-order valence-corrected chi connectivity index (χ0v) is 12.8. The molecule has 5 heteroatoms. The standard InChI is InChI=1S/C16H26N4O/c1-16(17)7-3-2-4-13(16)15(21)20-10-5-12(6-11-20)14-18-8-9-19-14/h8-9,12-13H,2-7,10-11,17H2,1H3,(H,18,19). The van der Waals surface area contributed by atoms with Crippen LogP contribution in [-0.2, 0) is 4.79 Å². The molecule has 1 aliphatic heterocycles. The van der Waals surface area contributed by atoms with Crippen LogP contribution in [0.5, 0.6) is 0 Å². The molecule has 0 aromatic carbocycles. The average Bonchev–Trinajstić information content (AvgIpc) is 3.00. The van der Waals surface area contributed by atoms with Crippen LogP contribution in [0.25, 0.3) is 0 Å². The smallest absolute Gasteiger partial charge is 0.227 e. The number of carbonyl (C=O) groups is 1. The molecular formula is C16H26N4O. The first-order valence-electron chi connectivity index (χ1n) is 8.15. The quantitative estimate of drug-likeness (QED) is 0.875. The van der Waals surface area contributed by atoms with Crippen molar-refractivity contribution in [2.24, 2.45) is 11.7 Å². The van der Waals surface area contributed by atoms with Crippen molar-refractivity contribution in [1.29, 1.82) is 0 Å². The van der Waals surface area contributed by atoms with Gasteiger partial charge in [0.1, 0.15) is 5.82 Å². The van der Waals surface area contributed by atoms with Crippen molar-refractivity contribution in [3.63, 3.8) is 0 Å². The first-order valence-corrected chi connectivity index (χ1v) is 8.15. The number of nitrogens with two attached hydrogens (primary N) is 1. The summed E-state index contributed by atoms with van der Waals surface area (Å²) >= 11 is 0. The molecule has 116 valence electrons. The van der Waals surface area contributed by atoms with Gasteiger partial charge in [-0.15, -0.1) is 0 Å². The second-order valence-corrected chi connectivity index (χ2v) is 6.88. The van der Waals surface area contributed by atoms with Gasteiger partial charge in [0.05, 0.1) is 5.92 Å². The van der Waals surface area contributed by atoms with Crippen LogP contribution >= 0.6 is 0 Å². The molecule has 2 unspecified atom stereocenters. The molecule has 0 bridgehead atoms.